The predicted octanol–water partition coefficient (Wildman–Crippen LogP) is 4.15. The second-order valence-corrected chi connectivity index (χ2v) is 8.74. The molecule has 0 saturated carbocycles. The second kappa shape index (κ2) is 9.64. The number of anilines is 1. The molecule has 0 aliphatic carbocycles. The van der Waals surface area contributed by atoms with Gasteiger partial charge < -0.3 is 10.6 Å². The molecule has 0 aliphatic rings. The van der Waals surface area contributed by atoms with Gasteiger partial charge in [0.1, 0.15) is 5.82 Å². The number of carbonyl (C=O) groups is 2. The van der Waals surface area contributed by atoms with Crippen LogP contribution in [0.1, 0.15) is 48.8 Å². The Hall–Kier alpha value is -4.01. The first-order chi connectivity index (χ1) is 15.5. The molecule has 33 heavy (non-hydrogen) atoms. The highest BCUT2D eigenvalue weighted by atomic mass is 16.6. The van der Waals surface area contributed by atoms with E-state index in [9.17, 15) is 19.7 Å². The fraction of sp³-hybridized carbons (Fsp3) is 0.292. The number of hydrogen-bond acceptors (Lipinski definition) is 5. The van der Waals surface area contributed by atoms with E-state index in [1.54, 1.807) is 37.3 Å². The van der Waals surface area contributed by atoms with Crippen LogP contribution in [-0.4, -0.2) is 33.1 Å². The van der Waals surface area contributed by atoms with Crippen LogP contribution in [0.4, 0.5) is 11.5 Å². The fourth-order valence-electron chi connectivity index (χ4n) is 3.22. The number of nitrogens with zero attached hydrogens (tertiary/aromatic N) is 3. The summed E-state index contributed by atoms with van der Waals surface area (Å²) in [5.74, 6) is -0.0908. The van der Waals surface area contributed by atoms with Crippen molar-refractivity contribution >= 4 is 23.3 Å². The van der Waals surface area contributed by atoms with E-state index in [-0.39, 0.29) is 35.9 Å². The number of non-ortho nitro benzene ring substituents is 1. The maximum absolute atomic E-state index is 12.4. The third kappa shape index (κ3) is 6.03. The molecular weight excluding hydrogens is 422 g/mol. The largest absolute Gasteiger partial charge is 0.352 e. The number of carbonyl (C=O) groups excluding carboxylic acids is 2. The van der Waals surface area contributed by atoms with Gasteiger partial charge in [-0.25, -0.2) is 4.68 Å². The van der Waals surface area contributed by atoms with Gasteiger partial charge in [0.2, 0.25) is 5.91 Å². The van der Waals surface area contributed by atoms with Crippen molar-refractivity contribution < 1.29 is 14.5 Å². The Morgan fingerprint density at radius 1 is 1.06 bits per heavy atom. The van der Waals surface area contributed by atoms with Crippen molar-refractivity contribution in [1.82, 2.24) is 15.1 Å². The monoisotopic (exact) mass is 449 g/mol. The van der Waals surface area contributed by atoms with Crippen LogP contribution in [-0.2, 0) is 10.2 Å². The first-order valence-corrected chi connectivity index (χ1v) is 10.5. The molecule has 0 saturated heterocycles. The summed E-state index contributed by atoms with van der Waals surface area (Å²) in [6.07, 6.45) is 0.0797. The Bertz CT molecular complexity index is 1160. The zero-order valence-corrected chi connectivity index (χ0v) is 19.1. The van der Waals surface area contributed by atoms with Gasteiger partial charge in [-0.1, -0.05) is 32.9 Å². The van der Waals surface area contributed by atoms with Crippen LogP contribution in [0.2, 0.25) is 0 Å². The van der Waals surface area contributed by atoms with Gasteiger partial charge >= 0.3 is 0 Å². The van der Waals surface area contributed by atoms with Gasteiger partial charge in [0.25, 0.3) is 11.6 Å². The minimum absolute atomic E-state index is 0.00639. The van der Waals surface area contributed by atoms with Crippen LogP contribution < -0.4 is 10.6 Å². The molecule has 2 aromatic carbocycles. The van der Waals surface area contributed by atoms with Crippen LogP contribution in [0, 0.1) is 17.0 Å². The molecule has 172 valence electrons. The summed E-state index contributed by atoms with van der Waals surface area (Å²) in [5, 5.41) is 20.7. The summed E-state index contributed by atoms with van der Waals surface area (Å²) >= 11 is 0. The number of aryl methyl sites for hydroxylation is 1. The third-order valence-corrected chi connectivity index (χ3v) is 5.05. The Morgan fingerprint density at radius 3 is 2.27 bits per heavy atom. The van der Waals surface area contributed by atoms with E-state index in [2.05, 4.69) is 36.5 Å². The van der Waals surface area contributed by atoms with Gasteiger partial charge in [-0.2, -0.15) is 5.10 Å². The van der Waals surface area contributed by atoms with Crippen molar-refractivity contribution in [1.29, 1.82) is 0 Å². The summed E-state index contributed by atoms with van der Waals surface area (Å²) in [4.78, 5) is 35.2. The van der Waals surface area contributed by atoms with E-state index in [1.807, 2.05) is 12.1 Å². The minimum Gasteiger partial charge on any atom is -0.352 e. The van der Waals surface area contributed by atoms with Crippen molar-refractivity contribution in [3.05, 3.63) is 81.5 Å². The van der Waals surface area contributed by atoms with E-state index in [1.165, 1.54) is 16.8 Å². The molecule has 2 N–H and O–H groups in total. The lowest BCUT2D eigenvalue weighted by molar-refractivity contribution is -0.384. The van der Waals surface area contributed by atoms with Gasteiger partial charge in [-0.05, 0) is 42.2 Å². The van der Waals surface area contributed by atoms with E-state index in [0.29, 0.717) is 22.8 Å². The van der Waals surface area contributed by atoms with Crippen LogP contribution >= 0.6 is 0 Å². The number of nitro groups is 1. The molecule has 0 spiro atoms. The van der Waals surface area contributed by atoms with Gasteiger partial charge in [0, 0.05) is 36.7 Å². The van der Waals surface area contributed by atoms with Crippen molar-refractivity contribution in [3.63, 3.8) is 0 Å². The van der Waals surface area contributed by atoms with Crippen LogP contribution in [0.5, 0.6) is 0 Å². The topological polar surface area (TPSA) is 119 Å². The summed E-state index contributed by atoms with van der Waals surface area (Å²) < 4.78 is 1.51. The minimum atomic E-state index is -0.478. The van der Waals surface area contributed by atoms with Crippen molar-refractivity contribution in [3.8, 4) is 5.69 Å². The van der Waals surface area contributed by atoms with Crippen LogP contribution in [0.3, 0.4) is 0 Å². The number of hydrogen-bond donors (Lipinski definition) is 2. The lowest BCUT2D eigenvalue weighted by atomic mass is 9.87. The molecule has 3 aromatic rings. The molecule has 0 radical (unpaired) electrons. The Balaban J connectivity index is 1.57. The molecule has 0 aliphatic heterocycles. The smallest absolute Gasteiger partial charge is 0.269 e. The maximum Gasteiger partial charge on any atom is 0.269 e. The Kier molecular flexibility index (Phi) is 6.91. The van der Waals surface area contributed by atoms with Gasteiger partial charge in [-0.15, -0.1) is 0 Å². The molecule has 1 heterocycles. The number of nitrogens with one attached hydrogen (secondary N) is 2. The number of nitro benzene ring substituents is 1. The van der Waals surface area contributed by atoms with E-state index in [4.69, 9.17) is 0 Å². The number of rotatable bonds is 7. The summed E-state index contributed by atoms with van der Waals surface area (Å²) in [7, 11) is 0. The highest BCUT2D eigenvalue weighted by Crippen LogP contribution is 2.22. The normalized spacial score (nSPS) is 11.2. The van der Waals surface area contributed by atoms with Gasteiger partial charge in [0.05, 0.1) is 16.3 Å². The molecule has 2 amide bonds. The molecular formula is C24H27N5O4. The SMILES string of the molecule is Cc1cc(NC(=O)CCNC(=O)c2ccc(C(C)(C)C)cc2)n(-c2ccc([N+](=O)[O-])cc2)n1. The first-order valence-electron chi connectivity index (χ1n) is 10.5. The molecule has 0 atom stereocenters. The molecule has 0 unspecified atom stereocenters. The van der Waals surface area contributed by atoms with E-state index >= 15 is 0 Å². The zero-order chi connectivity index (χ0) is 24.2. The molecule has 9 nitrogen and oxygen atoms in total. The fourth-order valence-corrected chi connectivity index (χ4v) is 3.22. The first kappa shape index (κ1) is 23.6. The lowest BCUT2D eigenvalue weighted by Crippen LogP contribution is -2.28. The molecule has 3 rings (SSSR count). The second-order valence-electron chi connectivity index (χ2n) is 8.74. The van der Waals surface area contributed by atoms with Crippen molar-refractivity contribution in [2.75, 3.05) is 11.9 Å². The van der Waals surface area contributed by atoms with E-state index in [0.717, 1.165) is 5.56 Å². The number of benzene rings is 2. The zero-order valence-electron chi connectivity index (χ0n) is 19.1. The van der Waals surface area contributed by atoms with Crippen LogP contribution in [0.25, 0.3) is 5.69 Å². The lowest BCUT2D eigenvalue weighted by Gasteiger charge is -2.19. The molecule has 0 fully saturated rings. The molecule has 1 aromatic heterocycles. The van der Waals surface area contributed by atoms with Gasteiger partial charge in [0.15, 0.2) is 0 Å². The van der Waals surface area contributed by atoms with Crippen molar-refractivity contribution in [2.24, 2.45) is 0 Å². The maximum atomic E-state index is 12.4. The third-order valence-electron chi connectivity index (χ3n) is 5.05. The molecule has 9 heteroatoms. The van der Waals surface area contributed by atoms with E-state index < -0.39 is 4.92 Å². The van der Waals surface area contributed by atoms with Crippen LogP contribution in [0.15, 0.2) is 54.6 Å². The Morgan fingerprint density at radius 2 is 1.70 bits per heavy atom. The predicted molar refractivity (Wildman–Crippen MR) is 126 cm³/mol. The molecule has 0 bridgehead atoms. The summed E-state index contributed by atoms with van der Waals surface area (Å²) in [5.41, 5.74) is 2.91. The average molecular weight is 450 g/mol. The highest BCUT2D eigenvalue weighted by molar-refractivity contribution is 5.95. The summed E-state index contributed by atoms with van der Waals surface area (Å²) in [6.45, 7) is 8.28. The number of aromatic nitrogens is 2. The quantitative estimate of drug-likeness (QED) is 0.415. The average Bonchev–Trinajstić information content (AvgIpc) is 3.13. The Labute approximate surface area is 192 Å². The van der Waals surface area contributed by atoms with Crippen molar-refractivity contribution in [2.45, 2.75) is 39.5 Å². The summed E-state index contributed by atoms with van der Waals surface area (Å²) in [6, 6.07) is 15.0. The standard InChI is InChI=1S/C24H27N5O4/c1-16-15-21(28(27-16)19-9-11-20(12-10-19)29(32)33)26-22(30)13-14-25-23(31)17-5-7-18(8-6-17)24(2,3)4/h5-12,15H,13-14H2,1-4H3,(H,25,31)(H,26,30). The number of amides is 2. The highest BCUT2D eigenvalue weighted by Gasteiger charge is 2.15. The van der Waals surface area contributed by atoms with Gasteiger partial charge in [-0.3, -0.25) is 19.7 Å².